The molecular formula is C8H7N2Re-. The van der Waals surface area contributed by atoms with Crippen LogP contribution in [-0.4, -0.2) is 9.55 Å². The molecule has 1 heterocycles. The molecule has 0 fully saturated rings. The van der Waals surface area contributed by atoms with Crippen molar-refractivity contribution < 1.29 is 20.4 Å². The monoisotopic (exact) mass is 318 g/mol. The summed E-state index contributed by atoms with van der Waals surface area (Å²) >= 11 is 0. The molecule has 0 atom stereocenters. The number of hydrogen-bond donors (Lipinski definition) is 0. The first-order chi connectivity index (χ1) is 4.88. The summed E-state index contributed by atoms with van der Waals surface area (Å²) in [6, 6.07) is 7.98. The van der Waals surface area contributed by atoms with E-state index in [0.29, 0.717) is 0 Å². The van der Waals surface area contributed by atoms with Gasteiger partial charge in [0.1, 0.15) is 0 Å². The van der Waals surface area contributed by atoms with E-state index < -0.39 is 0 Å². The van der Waals surface area contributed by atoms with Gasteiger partial charge in [0.25, 0.3) is 0 Å². The van der Waals surface area contributed by atoms with Gasteiger partial charge >= 0.3 is 0 Å². The number of imidazole rings is 1. The molecule has 1 radical (unpaired) electrons. The summed E-state index contributed by atoms with van der Waals surface area (Å²) in [7, 11) is 1.94. The Morgan fingerprint density at radius 3 is 2.82 bits per heavy atom. The summed E-state index contributed by atoms with van der Waals surface area (Å²) in [5, 5.41) is 0. The van der Waals surface area contributed by atoms with Gasteiger partial charge in [0, 0.05) is 26.8 Å². The fourth-order valence-electron chi connectivity index (χ4n) is 1.03. The zero-order valence-corrected chi connectivity index (χ0v) is 8.80. The number of fused-ring (bicyclic) bond motifs is 1. The van der Waals surface area contributed by atoms with Gasteiger partial charge in [-0.25, -0.2) is 0 Å². The van der Waals surface area contributed by atoms with Crippen molar-refractivity contribution in [2.75, 3.05) is 0 Å². The van der Waals surface area contributed by atoms with Gasteiger partial charge in [-0.1, -0.05) is 23.2 Å². The third-order valence-electron chi connectivity index (χ3n) is 1.56. The predicted octanol–water partition coefficient (Wildman–Crippen LogP) is 1.37. The Balaban J connectivity index is 0.000000605. The van der Waals surface area contributed by atoms with Gasteiger partial charge in [-0.3, -0.25) is 0 Å². The second kappa shape index (κ2) is 3.17. The van der Waals surface area contributed by atoms with Crippen LogP contribution < -0.4 is 0 Å². The summed E-state index contributed by atoms with van der Waals surface area (Å²) < 4.78 is 1.88. The fourth-order valence-corrected chi connectivity index (χ4v) is 1.03. The summed E-state index contributed by atoms with van der Waals surface area (Å²) in [6.45, 7) is 0. The van der Waals surface area contributed by atoms with Crippen LogP contribution in [0.2, 0.25) is 0 Å². The zero-order valence-electron chi connectivity index (χ0n) is 6.08. The van der Waals surface area contributed by atoms with Gasteiger partial charge in [-0.05, 0) is 7.05 Å². The molecule has 0 bridgehead atoms. The van der Waals surface area contributed by atoms with Crippen LogP contribution in [0.4, 0.5) is 0 Å². The maximum absolute atomic E-state index is 4.06. The summed E-state index contributed by atoms with van der Waals surface area (Å²) in [5.41, 5.74) is 2.13. The quantitative estimate of drug-likeness (QED) is 0.671. The van der Waals surface area contributed by atoms with Gasteiger partial charge in [-0.2, -0.15) is 0 Å². The van der Waals surface area contributed by atoms with E-state index in [-0.39, 0.29) is 20.4 Å². The van der Waals surface area contributed by atoms with Gasteiger partial charge in [0.2, 0.25) is 0 Å². The van der Waals surface area contributed by atoms with E-state index >= 15 is 0 Å². The van der Waals surface area contributed by atoms with Crippen LogP contribution in [0.1, 0.15) is 0 Å². The maximum Gasteiger partial charge on any atom is 0.00125 e. The van der Waals surface area contributed by atoms with Crippen molar-refractivity contribution in [3.8, 4) is 0 Å². The number of hydrogen-bond acceptors (Lipinski definition) is 1. The average molecular weight is 317 g/mol. The predicted molar refractivity (Wildman–Crippen MR) is 39.6 cm³/mol. The SMILES string of the molecule is Cn1[c-]nc2ccccc21.[Re]. The van der Waals surface area contributed by atoms with Crippen LogP contribution in [0.3, 0.4) is 0 Å². The topological polar surface area (TPSA) is 17.8 Å². The number of aryl methyl sites for hydroxylation is 1. The van der Waals surface area contributed by atoms with Crippen LogP contribution in [-0.2, 0) is 27.5 Å². The molecule has 0 spiro atoms. The molecule has 57 valence electrons. The number of nitrogens with zero attached hydrogens (tertiary/aromatic N) is 2. The Labute approximate surface area is 78.9 Å². The van der Waals surface area contributed by atoms with Crippen molar-refractivity contribution in [3.05, 3.63) is 30.6 Å². The van der Waals surface area contributed by atoms with Crippen LogP contribution in [0.25, 0.3) is 11.0 Å². The molecule has 1 aromatic carbocycles. The molecule has 0 aliphatic heterocycles. The van der Waals surface area contributed by atoms with Crippen LogP contribution >= 0.6 is 0 Å². The second-order valence-corrected chi connectivity index (χ2v) is 2.26. The van der Waals surface area contributed by atoms with E-state index in [1.54, 1.807) is 0 Å². The zero-order chi connectivity index (χ0) is 6.97. The normalized spacial score (nSPS) is 9.55. The number of para-hydroxylation sites is 2. The first kappa shape index (κ1) is 8.45. The van der Waals surface area contributed by atoms with Crippen LogP contribution in [0.15, 0.2) is 24.3 Å². The van der Waals surface area contributed by atoms with Crippen molar-refractivity contribution >= 4 is 11.0 Å². The molecule has 11 heavy (non-hydrogen) atoms. The summed E-state index contributed by atoms with van der Waals surface area (Å²) in [6.07, 6.45) is 2.84. The molecule has 3 heteroatoms. The molecule has 0 saturated carbocycles. The van der Waals surface area contributed by atoms with E-state index in [0.717, 1.165) is 11.0 Å². The molecule has 0 amide bonds. The molecule has 0 saturated heterocycles. The maximum atomic E-state index is 4.06. The molecule has 2 nitrogen and oxygen atoms in total. The Kier molecular flexibility index (Phi) is 2.43. The largest absolute Gasteiger partial charge is 0.450 e. The van der Waals surface area contributed by atoms with E-state index in [9.17, 15) is 0 Å². The van der Waals surface area contributed by atoms with Crippen molar-refractivity contribution in [2.24, 2.45) is 7.05 Å². The molecule has 0 aliphatic carbocycles. The first-order valence-corrected chi connectivity index (χ1v) is 3.17. The number of benzene rings is 1. The number of rotatable bonds is 0. The van der Waals surface area contributed by atoms with Crippen molar-refractivity contribution in [2.45, 2.75) is 0 Å². The standard InChI is InChI=1S/C8H7N2.Re/c1-10-6-9-7-4-2-3-5-8(7)10;/h2-5H,1H3;/q-1;. The average Bonchev–Trinajstić information content (AvgIpc) is 2.34. The minimum Gasteiger partial charge on any atom is -0.450 e. The van der Waals surface area contributed by atoms with Gasteiger partial charge in [-0.15, -0.1) is 12.1 Å². The molecule has 2 aromatic rings. The molecule has 0 N–H and O–H groups in total. The third-order valence-corrected chi connectivity index (χ3v) is 1.56. The van der Waals surface area contributed by atoms with E-state index in [2.05, 4.69) is 11.3 Å². The van der Waals surface area contributed by atoms with Crippen LogP contribution in [0.5, 0.6) is 0 Å². The fraction of sp³-hybridized carbons (Fsp3) is 0.125. The Morgan fingerprint density at radius 1 is 1.36 bits per heavy atom. The minimum absolute atomic E-state index is 0. The van der Waals surface area contributed by atoms with E-state index in [4.69, 9.17) is 0 Å². The number of aromatic nitrogens is 2. The van der Waals surface area contributed by atoms with Gasteiger partial charge in [0.05, 0.1) is 0 Å². The second-order valence-electron chi connectivity index (χ2n) is 2.26. The van der Waals surface area contributed by atoms with Gasteiger partial charge < -0.3 is 9.55 Å². The Bertz CT molecular complexity index is 354. The van der Waals surface area contributed by atoms with E-state index in [1.165, 1.54) is 0 Å². The van der Waals surface area contributed by atoms with Gasteiger partial charge in [0.15, 0.2) is 0 Å². The van der Waals surface area contributed by atoms with Crippen molar-refractivity contribution in [3.63, 3.8) is 0 Å². The van der Waals surface area contributed by atoms with Crippen LogP contribution in [0, 0.1) is 6.33 Å². The Morgan fingerprint density at radius 2 is 2.09 bits per heavy atom. The summed E-state index contributed by atoms with van der Waals surface area (Å²) in [4.78, 5) is 4.06. The third kappa shape index (κ3) is 1.35. The molecule has 2 rings (SSSR count). The molecule has 0 aliphatic rings. The molecular weight excluding hydrogens is 310 g/mol. The van der Waals surface area contributed by atoms with Crippen molar-refractivity contribution in [1.29, 1.82) is 0 Å². The Hall–Kier alpha value is -0.648. The van der Waals surface area contributed by atoms with E-state index in [1.807, 2.05) is 35.9 Å². The summed E-state index contributed by atoms with van der Waals surface area (Å²) in [5.74, 6) is 0. The van der Waals surface area contributed by atoms with Crippen molar-refractivity contribution in [1.82, 2.24) is 9.55 Å². The molecule has 0 unspecified atom stereocenters. The minimum atomic E-state index is 0. The first-order valence-electron chi connectivity index (χ1n) is 3.17. The molecule has 1 aromatic heterocycles. The smallest absolute Gasteiger partial charge is 0.00125 e.